The van der Waals surface area contributed by atoms with Crippen molar-refractivity contribution in [2.24, 2.45) is 0 Å². The van der Waals surface area contributed by atoms with Crippen LogP contribution in [0.25, 0.3) is 0 Å². The Balaban J connectivity index is 1.33. The van der Waals surface area contributed by atoms with E-state index in [0.29, 0.717) is 12.4 Å². The lowest BCUT2D eigenvalue weighted by atomic mass is 9.96. The number of rotatable bonds is 9. The maximum atomic E-state index is 11.9. The average molecular weight is 450 g/mol. The molecule has 1 aliphatic rings. The lowest BCUT2D eigenvalue weighted by Crippen LogP contribution is -2.43. The molecule has 3 aromatic carbocycles. The van der Waals surface area contributed by atoms with Gasteiger partial charge in [0.2, 0.25) is 5.60 Å². The second-order valence-corrected chi connectivity index (χ2v) is 9.06. The number of fused-ring (bicyclic) bond motifs is 1. The molecule has 6 heteroatoms. The minimum Gasteiger partial charge on any atom is -0.492 e. The van der Waals surface area contributed by atoms with Crippen molar-refractivity contribution in [1.82, 2.24) is 0 Å². The highest BCUT2D eigenvalue weighted by Crippen LogP contribution is 2.34. The predicted octanol–water partition coefficient (Wildman–Crippen LogP) is 5.14. The smallest absolute Gasteiger partial charge is 0.348 e. The Morgan fingerprint density at radius 1 is 1.00 bits per heavy atom. The van der Waals surface area contributed by atoms with Gasteiger partial charge in [-0.2, -0.15) is 0 Å². The molecule has 166 valence electrons. The Morgan fingerprint density at radius 3 is 2.47 bits per heavy atom. The first-order valence-corrected chi connectivity index (χ1v) is 11.7. The zero-order valence-corrected chi connectivity index (χ0v) is 18.9. The molecule has 1 unspecified atom stereocenters. The van der Waals surface area contributed by atoms with Gasteiger partial charge in [-0.1, -0.05) is 42.5 Å². The van der Waals surface area contributed by atoms with E-state index >= 15 is 0 Å². The molecule has 1 N–H and O–H groups in total. The Bertz CT molecular complexity index is 1040. The third-order valence-electron chi connectivity index (χ3n) is 5.46. The van der Waals surface area contributed by atoms with Gasteiger partial charge in [-0.3, -0.25) is 0 Å². The van der Waals surface area contributed by atoms with Crippen LogP contribution >= 0.6 is 11.8 Å². The van der Waals surface area contributed by atoms with E-state index in [4.69, 9.17) is 9.47 Å². The van der Waals surface area contributed by atoms with E-state index in [9.17, 15) is 9.90 Å². The van der Waals surface area contributed by atoms with E-state index in [2.05, 4.69) is 29.2 Å². The first-order chi connectivity index (χ1) is 15.5. The van der Waals surface area contributed by atoms with Crippen LogP contribution in [0.15, 0.2) is 83.8 Å². The molecule has 1 heterocycles. The highest BCUT2D eigenvalue weighted by atomic mass is 32.2. The third kappa shape index (κ3) is 5.37. The number of anilines is 1. The van der Waals surface area contributed by atoms with Gasteiger partial charge in [0.05, 0.1) is 12.2 Å². The molecular weight excluding hydrogens is 422 g/mol. The molecule has 0 saturated heterocycles. The first kappa shape index (κ1) is 22.1. The van der Waals surface area contributed by atoms with Crippen LogP contribution in [0.1, 0.15) is 12.5 Å². The van der Waals surface area contributed by atoms with Crippen LogP contribution in [0.4, 0.5) is 5.69 Å². The molecule has 0 amide bonds. The van der Waals surface area contributed by atoms with Crippen LogP contribution in [0, 0.1) is 0 Å². The van der Waals surface area contributed by atoms with Crippen molar-refractivity contribution in [2.45, 2.75) is 23.8 Å². The quantitative estimate of drug-likeness (QED) is 0.488. The van der Waals surface area contributed by atoms with Crippen molar-refractivity contribution < 1.29 is 19.4 Å². The number of hydrogen-bond donors (Lipinski definition) is 1. The molecule has 4 rings (SSSR count). The van der Waals surface area contributed by atoms with Gasteiger partial charge in [0.25, 0.3) is 0 Å². The van der Waals surface area contributed by atoms with Crippen LogP contribution in [0.5, 0.6) is 11.5 Å². The van der Waals surface area contributed by atoms with E-state index in [-0.39, 0.29) is 6.42 Å². The zero-order chi connectivity index (χ0) is 22.4. The van der Waals surface area contributed by atoms with Crippen molar-refractivity contribution in [3.05, 3.63) is 84.4 Å². The minimum atomic E-state index is -1.36. The number of benzene rings is 3. The third-order valence-corrected chi connectivity index (χ3v) is 6.50. The number of thioether (sulfide) groups is 1. The van der Waals surface area contributed by atoms with Crippen LogP contribution in [0.2, 0.25) is 0 Å². The number of nitrogens with zero attached hydrogens (tertiary/aromatic N) is 1. The summed E-state index contributed by atoms with van der Waals surface area (Å²) < 4.78 is 11.8. The maximum Gasteiger partial charge on any atom is 0.348 e. The fourth-order valence-electron chi connectivity index (χ4n) is 3.73. The van der Waals surface area contributed by atoms with Crippen molar-refractivity contribution in [1.29, 1.82) is 0 Å². The first-order valence-electron chi connectivity index (χ1n) is 10.7. The van der Waals surface area contributed by atoms with E-state index in [1.165, 1.54) is 10.6 Å². The summed E-state index contributed by atoms with van der Waals surface area (Å²) in [5.41, 5.74) is 0.790. The summed E-state index contributed by atoms with van der Waals surface area (Å²) in [6.45, 7) is 4.02. The summed E-state index contributed by atoms with van der Waals surface area (Å²) in [6.07, 6.45) is 0.250. The fourth-order valence-corrected chi connectivity index (χ4v) is 4.78. The van der Waals surface area contributed by atoms with Gasteiger partial charge in [-0.15, -0.1) is 11.8 Å². The minimum absolute atomic E-state index is 0.250. The van der Waals surface area contributed by atoms with E-state index in [1.54, 1.807) is 19.1 Å². The molecule has 5 nitrogen and oxygen atoms in total. The number of ether oxygens (including phenoxy) is 2. The summed E-state index contributed by atoms with van der Waals surface area (Å²) in [4.78, 5) is 15.6. The van der Waals surface area contributed by atoms with Gasteiger partial charge in [0.1, 0.15) is 18.1 Å². The molecule has 32 heavy (non-hydrogen) atoms. The summed E-state index contributed by atoms with van der Waals surface area (Å²) in [7, 11) is 0. The number of carboxylic acids is 1. The number of aliphatic carboxylic acids is 1. The molecule has 0 aliphatic carbocycles. The van der Waals surface area contributed by atoms with E-state index in [1.807, 2.05) is 54.2 Å². The lowest BCUT2D eigenvalue weighted by Gasteiger charge is -2.30. The van der Waals surface area contributed by atoms with Crippen LogP contribution in [-0.4, -0.2) is 42.1 Å². The van der Waals surface area contributed by atoms with Gasteiger partial charge >= 0.3 is 5.97 Å². The summed E-state index contributed by atoms with van der Waals surface area (Å²) >= 11 is 1.90. The van der Waals surface area contributed by atoms with Crippen LogP contribution in [-0.2, 0) is 11.2 Å². The largest absolute Gasteiger partial charge is 0.492 e. The number of carbonyl (C=O) groups is 1. The Kier molecular flexibility index (Phi) is 6.90. The van der Waals surface area contributed by atoms with Gasteiger partial charge in [0, 0.05) is 23.6 Å². The molecule has 0 radical (unpaired) electrons. The van der Waals surface area contributed by atoms with Crippen molar-refractivity contribution >= 4 is 23.4 Å². The van der Waals surface area contributed by atoms with Crippen LogP contribution < -0.4 is 14.4 Å². The summed E-state index contributed by atoms with van der Waals surface area (Å²) in [5, 5.41) is 9.76. The summed E-state index contributed by atoms with van der Waals surface area (Å²) in [5.74, 6) is 1.39. The second kappa shape index (κ2) is 10.0. The number of hydrogen-bond acceptors (Lipinski definition) is 5. The number of para-hydroxylation sites is 2. The van der Waals surface area contributed by atoms with Crippen LogP contribution in [0.3, 0.4) is 0 Å². The topological polar surface area (TPSA) is 59.0 Å². The molecule has 3 aromatic rings. The van der Waals surface area contributed by atoms with Crippen molar-refractivity contribution in [3.63, 3.8) is 0 Å². The monoisotopic (exact) mass is 449 g/mol. The molecule has 1 atom stereocenters. The normalized spacial score (nSPS) is 14.8. The molecule has 0 saturated carbocycles. The zero-order valence-electron chi connectivity index (χ0n) is 18.1. The van der Waals surface area contributed by atoms with Crippen molar-refractivity contribution in [2.75, 3.05) is 30.3 Å². The van der Waals surface area contributed by atoms with Gasteiger partial charge in [0.15, 0.2) is 0 Å². The van der Waals surface area contributed by atoms with Gasteiger partial charge in [-0.25, -0.2) is 4.79 Å². The van der Waals surface area contributed by atoms with Gasteiger partial charge in [-0.05, 0) is 48.9 Å². The van der Waals surface area contributed by atoms with E-state index in [0.717, 1.165) is 30.2 Å². The highest BCUT2D eigenvalue weighted by Gasteiger charge is 2.36. The molecule has 0 bridgehead atoms. The Morgan fingerprint density at radius 2 is 1.72 bits per heavy atom. The average Bonchev–Trinajstić information content (AvgIpc) is 2.81. The predicted molar refractivity (Wildman–Crippen MR) is 128 cm³/mol. The van der Waals surface area contributed by atoms with E-state index < -0.39 is 11.6 Å². The standard InChI is InChI=1S/C26H27NO4S/c1-26(25(28)29,31-22-7-3-2-4-8-22)19-20-11-13-21(14-12-20)30-17-15-27-16-18-32-24-10-6-5-9-23(24)27/h2-14H,15-19H2,1H3,(H,28,29). The molecular formula is C26H27NO4S. The molecule has 1 aliphatic heterocycles. The second-order valence-electron chi connectivity index (χ2n) is 7.92. The Hall–Kier alpha value is -3.12. The van der Waals surface area contributed by atoms with Crippen molar-refractivity contribution in [3.8, 4) is 11.5 Å². The molecule has 0 spiro atoms. The lowest BCUT2D eigenvalue weighted by molar-refractivity contribution is -0.153. The SMILES string of the molecule is CC(Cc1ccc(OCCN2CCSc3ccccc32)cc1)(Oc1ccccc1)C(=O)O. The molecule has 0 aromatic heterocycles. The van der Waals surface area contributed by atoms with Gasteiger partial charge < -0.3 is 19.5 Å². The Labute approximate surface area is 193 Å². The molecule has 0 fully saturated rings. The maximum absolute atomic E-state index is 11.9. The number of carboxylic acid groups (broad SMARTS) is 1. The fraction of sp³-hybridized carbons (Fsp3) is 0.269. The summed E-state index contributed by atoms with van der Waals surface area (Å²) in [6, 6.07) is 25.1. The highest BCUT2D eigenvalue weighted by molar-refractivity contribution is 7.99.